The summed E-state index contributed by atoms with van der Waals surface area (Å²) in [6, 6.07) is 11.3. The molecule has 1 heterocycles. The minimum Gasteiger partial charge on any atom is -0.467 e. The first kappa shape index (κ1) is 15.5. The van der Waals surface area contributed by atoms with Gasteiger partial charge in [-0.1, -0.05) is 30.3 Å². The lowest BCUT2D eigenvalue weighted by Crippen LogP contribution is -2.27. The molecule has 0 fully saturated rings. The van der Waals surface area contributed by atoms with Crippen molar-refractivity contribution >= 4 is 16.7 Å². The molecule has 3 N–H and O–H groups in total. The van der Waals surface area contributed by atoms with Crippen molar-refractivity contribution < 1.29 is 13.4 Å². The van der Waals surface area contributed by atoms with Gasteiger partial charge in [-0.25, -0.2) is 0 Å². The van der Waals surface area contributed by atoms with E-state index < -0.39 is 10.8 Å². The van der Waals surface area contributed by atoms with E-state index in [1.54, 1.807) is 6.07 Å². The van der Waals surface area contributed by atoms with E-state index in [0.29, 0.717) is 29.4 Å². The van der Waals surface area contributed by atoms with E-state index in [0.717, 1.165) is 5.56 Å². The SMILES string of the molecule is NCc1cc(C(=O)NCCS(=O)Cc2ccccc2)co1. The van der Waals surface area contributed by atoms with Gasteiger partial charge in [-0.3, -0.25) is 9.00 Å². The molecule has 0 aliphatic carbocycles. The maximum atomic E-state index is 11.9. The van der Waals surface area contributed by atoms with Crippen molar-refractivity contribution in [3.8, 4) is 0 Å². The fourth-order valence-corrected chi connectivity index (χ4v) is 2.86. The van der Waals surface area contributed by atoms with Crippen LogP contribution in [0.5, 0.6) is 0 Å². The monoisotopic (exact) mass is 306 g/mol. The normalized spacial score (nSPS) is 12.0. The van der Waals surface area contributed by atoms with E-state index in [-0.39, 0.29) is 12.5 Å². The zero-order chi connectivity index (χ0) is 15.1. The second-order valence-electron chi connectivity index (χ2n) is 4.54. The summed E-state index contributed by atoms with van der Waals surface area (Å²) < 4.78 is 17.0. The van der Waals surface area contributed by atoms with Gasteiger partial charge in [-0.2, -0.15) is 0 Å². The molecule has 0 spiro atoms. The smallest absolute Gasteiger partial charge is 0.254 e. The standard InChI is InChI=1S/C15H18N2O3S/c16-9-14-8-13(10-20-14)15(18)17-6-7-21(19)11-12-4-2-1-3-5-12/h1-5,8,10H,6-7,9,11,16H2,(H,17,18). The minimum atomic E-state index is -0.998. The van der Waals surface area contributed by atoms with Crippen molar-refractivity contribution in [1.82, 2.24) is 5.32 Å². The number of amides is 1. The van der Waals surface area contributed by atoms with Gasteiger partial charge in [-0.15, -0.1) is 0 Å². The third-order valence-electron chi connectivity index (χ3n) is 2.90. The number of rotatable bonds is 7. The van der Waals surface area contributed by atoms with Gasteiger partial charge in [-0.05, 0) is 11.6 Å². The highest BCUT2D eigenvalue weighted by molar-refractivity contribution is 7.84. The molecule has 0 aliphatic rings. The Morgan fingerprint density at radius 1 is 1.29 bits per heavy atom. The molecule has 5 nitrogen and oxygen atoms in total. The fourth-order valence-electron chi connectivity index (χ4n) is 1.82. The molecule has 0 saturated carbocycles. The van der Waals surface area contributed by atoms with Gasteiger partial charge in [0.2, 0.25) is 0 Å². The number of benzene rings is 1. The minimum absolute atomic E-state index is 0.241. The van der Waals surface area contributed by atoms with Gasteiger partial charge in [0, 0.05) is 28.9 Å². The molecule has 21 heavy (non-hydrogen) atoms. The molecule has 1 atom stereocenters. The second kappa shape index (κ2) is 7.75. The summed E-state index contributed by atoms with van der Waals surface area (Å²) in [4.78, 5) is 11.8. The van der Waals surface area contributed by atoms with E-state index in [4.69, 9.17) is 10.2 Å². The molecular formula is C15H18N2O3S. The highest BCUT2D eigenvalue weighted by atomic mass is 32.2. The Balaban J connectivity index is 1.73. The Morgan fingerprint density at radius 3 is 2.71 bits per heavy atom. The van der Waals surface area contributed by atoms with Crippen molar-refractivity contribution in [3.05, 3.63) is 59.5 Å². The Labute approximate surface area is 126 Å². The van der Waals surface area contributed by atoms with E-state index in [1.807, 2.05) is 30.3 Å². The number of nitrogens with two attached hydrogens (primary N) is 1. The van der Waals surface area contributed by atoms with Crippen LogP contribution in [0.15, 0.2) is 47.1 Å². The van der Waals surface area contributed by atoms with Gasteiger partial charge in [0.15, 0.2) is 0 Å². The highest BCUT2D eigenvalue weighted by Gasteiger charge is 2.09. The predicted molar refractivity (Wildman–Crippen MR) is 82.1 cm³/mol. The maximum absolute atomic E-state index is 11.9. The van der Waals surface area contributed by atoms with E-state index in [9.17, 15) is 9.00 Å². The lowest BCUT2D eigenvalue weighted by molar-refractivity contribution is 0.0955. The number of furan rings is 1. The van der Waals surface area contributed by atoms with Crippen LogP contribution in [0, 0.1) is 0 Å². The van der Waals surface area contributed by atoms with Crippen LogP contribution in [-0.4, -0.2) is 22.4 Å². The summed E-state index contributed by atoms with van der Waals surface area (Å²) in [6.45, 7) is 0.621. The van der Waals surface area contributed by atoms with Gasteiger partial charge >= 0.3 is 0 Å². The number of carbonyl (C=O) groups is 1. The number of hydrogen-bond donors (Lipinski definition) is 2. The maximum Gasteiger partial charge on any atom is 0.254 e. The summed E-state index contributed by atoms with van der Waals surface area (Å²) in [7, 11) is -0.998. The first-order valence-corrected chi connectivity index (χ1v) is 8.12. The summed E-state index contributed by atoms with van der Waals surface area (Å²) in [6.07, 6.45) is 1.37. The van der Waals surface area contributed by atoms with Crippen molar-refractivity contribution in [3.63, 3.8) is 0 Å². The Bertz CT molecular complexity index is 610. The van der Waals surface area contributed by atoms with Crippen LogP contribution in [-0.2, 0) is 23.1 Å². The third-order valence-corrected chi connectivity index (χ3v) is 4.22. The third kappa shape index (κ3) is 4.84. The van der Waals surface area contributed by atoms with Crippen LogP contribution < -0.4 is 11.1 Å². The molecule has 112 valence electrons. The molecule has 2 aromatic rings. The van der Waals surface area contributed by atoms with E-state index in [2.05, 4.69) is 5.32 Å². The lowest BCUT2D eigenvalue weighted by atomic mass is 10.2. The molecule has 1 aromatic carbocycles. The summed E-state index contributed by atoms with van der Waals surface area (Å²) in [5.41, 5.74) is 6.88. The molecule has 2 rings (SSSR count). The summed E-state index contributed by atoms with van der Waals surface area (Å²) in [5, 5.41) is 2.72. The molecule has 1 aromatic heterocycles. The highest BCUT2D eigenvalue weighted by Crippen LogP contribution is 2.07. The lowest BCUT2D eigenvalue weighted by Gasteiger charge is -2.04. The van der Waals surface area contributed by atoms with Crippen molar-refractivity contribution in [2.75, 3.05) is 12.3 Å². The number of nitrogens with one attached hydrogen (secondary N) is 1. The Kier molecular flexibility index (Phi) is 5.71. The van der Waals surface area contributed by atoms with Crippen LogP contribution in [0.3, 0.4) is 0 Å². The van der Waals surface area contributed by atoms with Crippen LogP contribution >= 0.6 is 0 Å². The van der Waals surface area contributed by atoms with Gasteiger partial charge in [0.05, 0.1) is 12.1 Å². The first-order chi connectivity index (χ1) is 10.2. The van der Waals surface area contributed by atoms with Crippen LogP contribution in [0.2, 0.25) is 0 Å². The average Bonchev–Trinajstić information content (AvgIpc) is 2.97. The van der Waals surface area contributed by atoms with Crippen molar-refractivity contribution in [1.29, 1.82) is 0 Å². The molecule has 0 radical (unpaired) electrons. The fraction of sp³-hybridized carbons (Fsp3) is 0.267. The second-order valence-corrected chi connectivity index (χ2v) is 6.11. The van der Waals surface area contributed by atoms with Crippen LogP contribution in [0.25, 0.3) is 0 Å². The molecule has 0 saturated heterocycles. The van der Waals surface area contributed by atoms with Gasteiger partial charge in [0.25, 0.3) is 5.91 Å². The molecule has 1 unspecified atom stereocenters. The summed E-state index contributed by atoms with van der Waals surface area (Å²) >= 11 is 0. The van der Waals surface area contributed by atoms with E-state index in [1.165, 1.54) is 6.26 Å². The Hall–Kier alpha value is -1.92. The Morgan fingerprint density at radius 2 is 2.05 bits per heavy atom. The predicted octanol–water partition coefficient (Wildman–Crippen LogP) is 1.42. The molecule has 6 heteroatoms. The molecular weight excluding hydrogens is 288 g/mol. The first-order valence-electron chi connectivity index (χ1n) is 6.63. The average molecular weight is 306 g/mol. The zero-order valence-corrected chi connectivity index (χ0v) is 12.4. The number of hydrogen-bond acceptors (Lipinski definition) is 4. The van der Waals surface area contributed by atoms with Crippen molar-refractivity contribution in [2.24, 2.45) is 5.73 Å². The number of carbonyl (C=O) groups excluding carboxylic acids is 1. The molecule has 1 amide bonds. The van der Waals surface area contributed by atoms with E-state index >= 15 is 0 Å². The van der Waals surface area contributed by atoms with Gasteiger partial charge in [0.1, 0.15) is 12.0 Å². The molecule has 0 bridgehead atoms. The topological polar surface area (TPSA) is 85.3 Å². The quantitative estimate of drug-likeness (QED) is 0.810. The van der Waals surface area contributed by atoms with Gasteiger partial charge < -0.3 is 15.5 Å². The largest absolute Gasteiger partial charge is 0.467 e. The van der Waals surface area contributed by atoms with Crippen LogP contribution in [0.1, 0.15) is 21.7 Å². The zero-order valence-electron chi connectivity index (χ0n) is 11.6. The van der Waals surface area contributed by atoms with Crippen LogP contribution in [0.4, 0.5) is 0 Å². The summed E-state index contributed by atoms with van der Waals surface area (Å²) in [5.74, 6) is 1.24. The molecule has 0 aliphatic heterocycles. The van der Waals surface area contributed by atoms with Crippen molar-refractivity contribution in [2.45, 2.75) is 12.3 Å².